The highest BCUT2D eigenvalue weighted by molar-refractivity contribution is 5.90. The quantitative estimate of drug-likeness (QED) is 0.936. The summed E-state index contributed by atoms with van der Waals surface area (Å²) in [6.07, 6.45) is 5.11. The van der Waals surface area contributed by atoms with Gasteiger partial charge in [0.1, 0.15) is 5.76 Å². The smallest absolute Gasteiger partial charge is 0.234 e. The Morgan fingerprint density at radius 2 is 2.00 bits per heavy atom. The van der Waals surface area contributed by atoms with Crippen LogP contribution in [-0.4, -0.2) is 16.2 Å². The molecule has 0 bridgehead atoms. The molecule has 3 rings (SSSR count). The second kappa shape index (κ2) is 5.71. The number of nitrogens with zero attached hydrogens (tertiary/aromatic N) is 2. The molecule has 0 radical (unpaired) electrons. The first-order chi connectivity index (χ1) is 10.1. The van der Waals surface area contributed by atoms with Gasteiger partial charge in [-0.3, -0.25) is 10.1 Å². The first-order valence-corrected chi connectivity index (χ1v) is 7.34. The highest BCUT2D eigenvalue weighted by Gasteiger charge is 2.21. The standard InChI is InChI=1S/C15H19N3O3/c1-9-11(10(2)20-17-9)7-8-14(19)16-15-12-5-3-4-6-13(12)18-21-15/h3-8H2,1-2H3,(H,16,19). The van der Waals surface area contributed by atoms with E-state index in [1.807, 2.05) is 13.8 Å². The Hall–Kier alpha value is -2.11. The highest BCUT2D eigenvalue weighted by Crippen LogP contribution is 2.27. The topological polar surface area (TPSA) is 81.2 Å². The SMILES string of the molecule is Cc1noc(C)c1CCC(=O)Nc1onc2c1CCCC2. The van der Waals surface area contributed by atoms with E-state index >= 15 is 0 Å². The van der Waals surface area contributed by atoms with E-state index in [2.05, 4.69) is 15.6 Å². The first kappa shape index (κ1) is 13.9. The van der Waals surface area contributed by atoms with Gasteiger partial charge in [0.05, 0.1) is 11.4 Å². The minimum absolute atomic E-state index is 0.0699. The third-order valence-corrected chi connectivity index (χ3v) is 4.00. The lowest BCUT2D eigenvalue weighted by molar-refractivity contribution is -0.116. The molecule has 0 atom stereocenters. The third-order valence-electron chi connectivity index (χ3n) is 4.00. The number of fused-ring (bicyclic) bond motifs is 1. The number of amides is 1. The molecule has 0 aliphatic heterocycles. The van der Waals surface area contributed by atoms with Crippen molar-refractivity contribution in [2.45, 2.75) is 52.4 Å². The van der Waals surface area contributed by atoms with Crippen molar-refractivity contribution in [1.82, 2.24) is 10.3 Å². The van der Waals surface area contributed by atoms with Gasteiger partial charge >= 0.3 is 0 Å². The van der Waals surface area contributed by atoms with Crippen LogP contribution in [0.3, 0.4) is 0 Å². The first-order valence-electron chi connectivity index (χ1n) is 7.34. The van der Waals surface area contributed by atoms with Crippen molar-refractivity contribution in [3.8, 4) is 0 Å². The largest absolute Gasteiger partial charge is 0.361 e. The van der Waals surface area contributed by atoms with E-state index in [1.54, 1.807) is 0 Å². The van der Waals surface area contributed by atoms with Gasteiger partial charge in [-0.25, -0.2) is 0 Å². The molecule has 6 heteroatoms. The van der Waals surface area contributed by atoms with Crippen LogP contribution >= 0.6 is 0 Å². The van der Waals surface area contributed by atoms with E-state index in [-0.39, 0.29) is 5.91 Å². The maximum absolute atomic E-state index is 12.1. The maximum Gasteiger partial charge on any atom is 0.234 e. The molecule has 2 aromatic heterocycles. The molecule has 1 N–H and O–H groups in total. The van der Waals surface area contributed by atoms with Gasteiger partial charge in [-0.05, 0) is 46.0 Å². The van der Waals surface area contributed by atoms with Crippen molar-refractivity contribution in [2.75, 3.05) is 5.32 Å². The molecule has 0 spiro atoms. The molecule has 0 aromatic carbocycles. The Kier molecular flexibility index (Phi) is 3.77. The van der Waals surface area contributed by atoms with Crippen LogP contribution in [0.2, 0.25) is 0 Å². The van der Waals surface area contributed by atoms with E-state index in [4.69, 9.17) is 9.05 Å². The van der Waals surface area contributed by atoms with Gasteiger partial charge in [0.2, 0.25) is 11.8 Å². The second-order valence-electron chi connectivity index (χ2n) is 5.49. The lowest BCUT2D eigenvalue weighted by Crippen LogP contribution is -2.14. The molecule has 1 aliphatic rings. The number of rotatable bonds is 4. The van der Waals surface area contributed by atoms with Gasteiger partial charge in [-0.1, -0.05) is 10.3 Å². The average Bonchev–Trinajstić information content (AvgIpc) is 3.02. The fourth-order valence-corrected chi connectivity index (χ4v) is 2.78. The summed E-state index contributed by atoms with van der Waals surface area (Å²) >= 11 is 0. The predicted molar refractivity (Wildman–Crippen MR) is 76.1 cm³/mol. The molecule has 6 nitrogen and oxygen atoms in total. The van der Waals surface area contributed by atoms with Gasteiger partial charge in [0.15, 0.2) is 0 Å². The van der Waals surface area contributed by atoms with Crippen molar-refractivity contribution < 1.29 is 13.8 Å². The molecule has 0 unspecified atom stereocenters. The summed E-state index contributed by atoms with van der Waals surface area (Å²) in [5, 5.41) is 10.8. The van der Waals surface area contributed by atoms with Crippen LogP contribution in [0, 0.1) is 13.8 Å². The van der Waals surface area contributed by atoms with Gasteiger partial charge in [-0.15, -0.1) is 0 Å². The monoisotopic (exact) mass is 289 g/mol. The Balaban J connectivity index is 1.61. The number of aromatic nitrogens is 2. The number of anilines is 1. The molecule has 2 heterocycles. The number of aryl methyl sites for hydroxylation is 3. The minimum Gasteiger partial charge on any atom is -0.361 e. The van der Waals surface area contributed by atoms with Crippen molar-refractivity contribution in [3.63, 3.8) is 0 Å². The van der Waals surface area contributed by atoms with E-state index in [0.717, 1.165) is 54.0 Å². The molecule has 21 heavy (non-hydrogen) atoms. The summed E-state index contributed by atoms with van der Waals surface area (Å²) in [6.45, 7) is 3.75. The zero-order chi connectivity index (χ0) is 14.8. The number of nitrogens with one attached hydrogen (secondary N) is 1. The number of carbonyl (C=O) groups is 1. The summed E-state index contributed by atoms with van der Waals surface area (Å²) in [5.41, 5.74) is 3.90. The molecule has 0 saturated carbocycles. The Bertz CT molecular complexity index is 638. The summed E-state index contributed by atoms with van der Waals surface area (Å²) in [6, 6.07) is 0. The normalized spacial score (nSPS) is 14.0. The lowest BCUT2D eigenvalue weighted by atomic mass is 9.97. The summed E-state index contributed by atoms with van der Waals surface area (Å²) < 4.78 is 10.4. The van der Waals surface area contributed by atoms with Crippen molar-refractivity contribution in [2.24, 2.45) is 0 Å². The van der Waals surface area contributed by atoms with Crippen LogP contribution in [0.15, 0.2) is 9.05 Å². The fourth-order valence-electron chi connectivity index (χ4n) is 2.78. The van der Waals surface area contributed by atoms with Gasteiger partial charge < -0.3 is 9.05 Å². The number of hydrogen-bond acceptors (Lipinski definition) is 5. The number of hydrogen-bond donors (Lipinski definition) is 1. The lowest BCUT2D eigenvalue weighted by Gasteiger charge is -2.09. The molecule has 112 valence electrons. The molecule has 1 amide bonds. The van der Waals surface area contributed by atoms with Gasteiger partial charge in [-0.2, -0.15) is 0 Å². The minimum atomic E-state index is -0.0699. The summed E-state index contributed by atoms with van der Waals surface area (Å²) in [4.78, 5) is 12.1. The molecular weight excluding hydrogens is 270 g/mol. The van der Waals surface area contributed by atoms with Crippen LogP contribution < -0.4 is 5.32 Å². The van der Waals surface area contributed by atoms with Crippen LogP contribution in [0.25, 0.3) is 0 Å². The van der Waals surface area contributed by atoms with E-state index in [1.165, 1.54) is 0 Å². The van der Waals surface area contributed by atoms with Crippen LogP contribution in [0.5, 0.6) is 0 Å². The third kappa shape index (κ3) is 2.84. The maximum atomic E-state index is 12.1. The predicted octanol–water partition coefficient (Wildman–Crippen LogP) is 2.73. The number of carbonyl (C=O) groups excluding carboxylic acids is 1. The van der Waals surface area contributed by atoms with E-state index < -0.39 is 0 Å². The Morgan fingerprint density at radius 1 is 1.19 bits per heavy atom. The summed E-state index contributed by atoms with van der Waals surface area (Å²) in [7, 11) is 0. The van der Waals surface area contributed by atoms with E-state index in [9.17, 15) is 4.79 Å². The Labute approximate surface area is 122 Å². The van der Waals surface area contributed by atoms with Crippen LogP contribution in [0.4, 0.5) is 5.88 Å². The molecule has 1 aliphatic carbocycles. The van der Waals surface area contributed by atoms with Crippen LogP contribution in [-0.2, 0) is 24.1 Å². The zero-order valence-corrected chi connectivity index (χ0v) is 12.4. The van der Waals surface area contributed by atoms with Crippen molar-refractivity contribution in [3.05, 3.63) is 28.3 Å². The van der Waals surface area contributed by atoms with Gasteiger partial charge in [0.25, 0.3) is 0 Å². The molecule has 0 saturated heterocycles. The van der Waals surface area contributed by atoms with Crippen molar-refractivity contribution in [1.29, 1.82) is 0 Å². The summed E-state index contributed by atoms with van der Waals surface area (Å²) in [5.74, 6) is 1.23. The zero-order valence-electron chi connectivity index (χ0n) is 12.4. The van der Waals surface area contributed by atoms with Gasteiger partial charge in [0, 0.05) is 17.5 Å². The van der Waals surface area contributed by atoms with E-state index in [0.29, 0.717) is 18.7 Å². The van der Waals surface area contributed by atoms with Crippen LogP contribution in [0.1, 0.15) is 47.5 Å². The molecule has 0 fully saturated rings. The van der Waals surface area contributed by atoms with Crippen molar-refractivity contribution >= 4 is 11.8 Å². The highest BCUT2D eigenvalue weighted by atomic mass is 16.5. The molecular formula is C15H19N3O3. The average molecular weight is 289 g/mol. The Morgan fingerprint density at radius 3 is 2.76 bits per heavy atom. The second-order valence-corrected chi connectivity index (χ2v) is 5.49. The fraction of sp³-hybridized carbons (Fsp3) is 0.533. The molecule has 2 aromatic rings.